The second-order valence-electron chi connectivity index (χ2n) is 4.53. The number of carbonyl (C=O) groups is 2. The third-order valence-electron chi connectivity index (χ3n) is 3.38. The Kier molecular flexibility index (Phi) is 3.34. The number of carboxylic acid groups (broad SMARTS) is 1. The second-order valence-corrected chi connectivity index (χ2v) is 4.53. The van der Waals surface area contributed by atoms with E-state index in [1.54, 1.807) is 0 Å². The van der Waals surface area contributed by atoms with Crippen LogP contribution in [0.4, 0.5) is 0 Å². The van der Waals surface area contributed by atoms with Crippen LogP contribution >= 0.6 is 0 Å². The minimum Gasteiger partial charge on any atom is -0.480 e. The van der Waals surface area contributed by atoms with Gasteiger partial charge in [0.25, 0.3) is 0 Å². The van der Waals surface area contributed by atoms with Crippen molar-refractivity contribution < 1.29 is 19.4 Å². The zero-order valence-electron chi connectivity index (χ0n) is 9.83. The van der Waals surface area contributed by atoms with Gasteiger partial charge in [0.05, 0.1) is 5.92 Å². The predicted molar refractivity (Wildman–Crippen MR) is 63.5 cm³/mol. The summed E-state index contributed by atoms with van der Waals surface area (Å²) in [7, 11) is 0. The summed E-state index contributed by atoms with van der Waals surface area (Å²) in [4.78, 5) is 22.7. The molecule has 1 aromatic carbocycles. The van der Waals surface area contributed by atoms with Crippen LogP contribution in [-0.2, 0) is 20.9 Å². The molecule has 0 aliphatic heterocycles. The van der Waals surface area contributed by atoms with Gasteiger partial charge >= 0.3 is 11.9 Å². The maximum Gasteiger partial charge on any atom is 0.324 e. The number of hydrogen-bond donors (Lipinski definition) is 2. The van der Waals surface area contributed by atoms with Crippen molar-refractivity contribution in [2.45, 2.75) is 25.0 Å². The molecule has 2 rings (SSSR count). The Bertz CT molecular complexity index is 459. The maximum absolute atomic E-state index is 11.8. The third-order valence-corrected chi connectivity index (χ3v) is 3.38. The topological polar surface area (TPSA) is 89.6 Å². The van der Waals surface area contributed by atoms with Crippen molar-refractivity contribution in [3.63, 3.8) is 0 Å². The van der Waals surface area contributed by atoms with E-state index in [1.165, 1.54) is 0 Å². The van der Waals surface area contributed by atoms with Gasteiger partial charge in [-0.3, -0.25) is 9.59 Å². The highest BCUT2D eigenvalue weighted by Crippen LogP contribution is 2.37. The van der Waals surface area contributed by atoms with Crippen LogP contribution in [0.3, 0.4) is 0 Å². The van der Waals surface area contributed by atoms with Gasteiger partial charge in [0.15, 0.2) is 0 Å². The van der Waals surface area contributed by atoms with Crippen LogP contribution in [-0.4, -0.2) is 22.6 Å². The average Bonchev–Trinajstić information content (AvgIpc) is 2.35. The van der Waals surface area contributed by atoms with Gasteiger partial charge in [-0.2, -0.15) is 0 Å². The Morgan fingerprint density at radius 1 is 1.39 bits per heavy atom. The fraction of sp³-hybridized carbons (Fsp3) is 0.385. The summed E-state index contributed by atoms with van der Waals surface area (Å²) in [6, 6.07) is 9.22. The number of ether oxygens (including phenoxy) is 1. The summed E-state index contributed by atoms with van der Waals surface area (Å²) < 4.78 is 5.10. The molecule has 5 heteroatoms. The molecule has 0 aromatic heterocycles. The van der Waals surface area contributed by atoms with Gasteiger partial charge in [-0.1, -0.05) is 30.3 Å². The molecule has 0 heterocycles. The zero-order valence-corrected chi connectivity index (χ0v) is 9.83. The number of carbonyl (C=O) groups excluding carboxylic acids is 1. The lowest BCUT2D eigenvalue weighted by molar-refractivity contribution is -0.167. The standard InChI is InChI=1S/C13H15NO4/c14-13(12(16)17)7-6-10(13)11(15)18-8-9-4-2-1-3-5-9/h1-5,10H,6-8,14H2,(H,16,17)/t10-,13-/m1/s1. The van der Waals surface area contributed by atoms with Gasteiger partial charge in [0, 0.05) is 0 Å². The molecule has 18 heavy (non-hydrogen) atoms. The molecule has 0 radical (unpaired) electrons. The van der Waals surface area contributed by atoms with E-state index >= 15 is 0 Å². The molecule has 3 N–H and O–H groups in total. The molecule has 0 amide bonds. The molecular formula is C13H15NO4. The van der Waals surface area contributed by atoms with Crippen LogP contribution in [0.15, 0.2) is 30.3 Å². The molecule has 1 aliphatic rings. The molecule has 1 aromatic rings. The minimum absolute atomic E-state index is 0.145. The molecule has 5 nitrogen and oxygen atoms in total. The zero-order chi connectivity index (χ0) is 13.2. The van der Waals surface area contributed by atoms with E-state index in [1.807, 2.05) is 30.3 Å². The molecule has 1 fully saturated rings. The Morgan fingerprint density at radius 3 is 2.56 bits per heavy atom. The van der Waals surface area contributed by atoms with Crippen molar-refractivity contribution in [3.05, 3.63) is 35.9 Å². The highest BCUT2D eigenvalue weighted by molar-refractivity contribution is 5.89. The van der Waals surface area contributed by atoms with E-state index in [0.29, 0.717) is 12.8 Å². The highest BCUT2D eigenvalue weighted by atomic mass is 16.5. The van der Waals surface area contributed by atoms with Crippen LogP contribution in [0, 0.1) is 5.92 Å². The van der Waals surface area contributed by atoms with Gasteiger partial charge in [-0.15, -0.1) is 0 Å². The Labute approximate surface area is 105 Å². The average molecular weight is 249 g/mol. The summed E-state index contributed by atoms with van der Waals surface area (Å²) in [6.45, 7) is 0.145. The first-order chi connectivity index (χ1) is 8.54. The number of rotatable bonds is 4. The van der Waals surface area contributed by atoms with Gasteiger partial charge in [-0.25, -0.2) is 0 Å². The predicted octanol–water partition coefficient (Wildman–Crippen LogP) is 0.922. The maximum atomic E-state index is 11.8. The lowest BCUT2D eigenvalue weighted by Crippen LogP contribution is -2.63. The van der Waals surface area contributed by atoms with Crippen LogP contribution in [0.5, 0.6) is 0 Å². The fourth-order valence-corrected chi connectivity index (χ4v) is 2.01. The van der Waals surface area contributed by atoms with Gasteiger partial charge in [0.1, 0.15) is 12.1 Å². The minimum atomic E-state index is -1.45. The van der Waals surface area contributed by atoms with Crippen molar-refractivity contribution in [3.8, 4) is 0 Å². The Hall–Kier alpha value is -1.88. The summed E-state index contributed by atoms with van der Waals surface area (Å²) in [6.07, 6.45) is 0.782. The summed E-state index contributed by atoms with van der Waals surface area (Å²) in [5.74, 6) is -2.41. The summed E-state index contributed by atoms with van der Waals surface area (Å²) >= 11 is 0. The number of aliphatic carboxylic acids is 1. The third kappa shape index (κ3) is 2.22. The Morgan fingerprint density at radius 2 is 2.06 bits per heavy atom. The lowest BCUT2D eigenvalue weighted by Gasteiger charge is -2.40. The van der Waals surface area contributed by atoms with E-state index in [-0.39, 0.29) is 6.61 Å². The van der Waals surface area contributed by atoms with Crippen molar-refractivity contribution in [1.82, 2.24) is 0 Å². The first-order valence-electron chi connectivity index (χ1n) is 5.77. The van der Waals surface area contributed by atoms with Gasteiger partial charge < -0.3 is 15.6 Å². The monoisotopic (exact) mass is 249 g/mol. The van der Waals surface area contributed by atoms with Gasteiger partial charge in [0.2, 0.25) is 0 Å². The molecular weight excluding hydrogens is 234 g/mol. The number of carboxylic acids is 1. The highest BCUT2D eigenvalue weighted by Gasteiger charge is 2.54. The quantitative estimate of drug-likeness (QED) is 0.774. The number of nitrogens with two attached hydrogens (primary N) is 1. The number of hydrogen-bond acceptors (Lipinski definition) is 4. The molecule has 0 saturated heterocycles. The van der Waals surface area contributed by atoms with Gasteiger partial charge in [-0.05, 0) is 18.4 Å². The smallest absolute Gasteiger partial charge is 0.324 e. The molecule has 1 aliphatic carbocycles. The molecule has 96 valence electrons. The fourth-order valence-electron chi connectivity index (χ4n) is 2.01. The van der Waals surface area contributed by atoms with Crippen molar-refractivity contribution in [2.75, 3.05) is 0 Å². The normalized spacial score (nSPS) is 26.2. The van der Waals surface area contributed by atoms with Crippen molar-refractivity contribution >= 4 is 11.9 Å². The Balaban J connectivity index is 1.92. The number of esters is 1. The van der Waals surface area contributed by atoms with E-state index in [2.05, 4.69) is 0 Å². The molecule has 1 saturated carbocycles. The second kappa shape index (κ2) is 4.78. The first kappa shape index (κ1) is 12.6. The number of benzene rings is 1. The van der Waals surface area contributed by atoms with Crippen molar-refractivity contribution in [2.24, 2.45) is 11.7 Å². The summed E-state index contributed by atoms with van der Waals surface area (Å²) in [5, 5.41) is 8.96. The van der Waals surface area contributed by atoms with E-state index in [0.717, 1.165) is 5.56 Å². The SMILES string of the molecule is N[C@]1(C(=O)O)CC[C@@H]1C(=O)OCc1ccccc1. The van der Waals surface area contributed by atoms with E-state index in [4.69, 9.17) is 15.6 Å². The van der Waals surface area contributed by atoms with Crippen LogP contribution in [0.2, 0.25) is 0 Å². The summed E-state index contributed by atoms with van der Waals surface area (Å²) in [5.41, 5.74) is 5.07. The van der Waals surface area contributed by atoms with Crippen molar-refractivity contribution in [1.29, 1.82) is 0 Å². The lowest BCUT2D eigenvalue weighted by atomic mass is 9.67. The molecule has 0 bridgehead atoms. The van der Waals surface area contributed by atoms with Crippen LogP contribution in [0.1, 0.15) is 18.4 Å². The largest absolute Gasteiger partial charge is 0.480 e. The van der Waals surface area contributed by atoms with Crippen LogP contribution < -0.4 is 5.73 Å². The molecule has 0 spiro atoms. The van der Waals surface area contributed by atoms with Crippen LogP contribution in [0.25, 0.3) is 0 Å². The molecule has 2 atom stereocenters. The van der Waals surface area contributed by atoms with E-state index in [9.17, 15) is 9.59 Å². The molecule has 0 unspecified atom stereocenters. The first-order valence-corrected chi connectivity index (χ1v) is 5.77. The van der Waals surface area contributed by atoms with E-state index < -0.39 is 23.4 Å².